The summed E-state index contributed by atoms with van der Waals surface area (Å²) in [5.41, 5.74) is 2.48. The van der Waals surface area contributed by atoms with Gasteiger partial charge in [0.1, 0.15) is 0 Å². The summed E-state index contributed by atoms with van der Waals surface area (Å²) in [6.07, 6.45) is 2.27. The summed E-state index contributed by atoms with van der Waals surface area (Å²) in [6, 6.07) is 8.52. The van der Waals surface area contributed by atoms with Gasteiger partial charge in [0.2, 0.25) is 5.91 Å². The average Bonchev–Trinajstić information content (AvgIpc) is 2.48. The lowest BCUT2D eigenvalue weighted by molar-refractivity contribution is -0.133. The molecular formula is C16H24N2O. The second kappa shape index (κ2) is 6.71. The van der Waals surface area contributed by atoms with Gasteiger partial charge in [-0.1, -0.05) is 37.6 Å². The van der Waals surface area contributed by atoms with E-state index in [-0.39, 0.29) is 11.8 Å². The fourth-order valence-electron chi connectivity index (χ4n) is 2.56. The molecule has 1 heterocycles. The van der Waals surface area contributed by atoms with Crippen LogP contribution in [0.5, 0.6) is 0 Å². The van der Waals surface area contributed by atoms with E-state index in [0.717, 1.165) is 44.6 Å². The highest BCUT2D eigenvalue weighted by Crippen LogP contribution is 2.19. The number of nitrogens with zero attached hydrogens (tertiary/aromatic N) is 1. The second-order valence-electron chi connectivity index (χ2n) is 5.29. The van der Waals surface area contributed by atoms with E-state index in [0.29, 0.717) is 0 Å². The van der Waals surface area contributed by atoms with Gasteiger partial charge in [-0.25, -0.2) is 0 Å². The lowest BCUT2D eigenvalue weighted by Gasteiger charge is -2.30. The third-order valence-electron chi connectivity index (χ3n) is 3.82. The zero-order valence-electron chi connectivity index (χ0n) is 12.0. The molecular weight excluding hydrogens is 236 g/mol. The molecule has 1 N–H and O–H groups in total. The van der Waals surface area contributed by atoms with Crippen LogP contribution in [0.4, 0.5) is 0 Å². The number of carbonyl (C=O) groups is 1. The number of benzene rings is 1. The first-order chi connectivity index (χ1) is 9.22. The zero-order valence-corrected chi connectivity index (χ0v) is 12.0. The molecule has 0 radical (unpaired) electrons. The summed E-state index contributed by atoms with van der Waals surface area (Å²) >= 11 is 0. The Bertz CT molecular complexity index is 407. The Morgan fingerprint density at radius 3 is 2.47 bits per heavy atom. The number of hydrogen-bond acceptors (Lipinski definition) is 2. The summed E-state index contributed by atoms with van der Waals surface area (Å²) in [5.74, 6) is 0.221. The third kappa shape index (κ3) is 3.57. The van der Waals surface area contributed by atoms with E-state index < -0.39 is 0 Å². The molecule has 0 aromatic heterocycles. The normalized spacial score (nSPS) is 17.3. The van der Waals surface area contributed by atoms with Crippen molar-refractivity contribution in [1.82, 2.24) is 10.2 Å². The van der Waals surface area contributed by atoms with Crippen molar-refractivity contribution >= 4 is 5.91 Å². The molecule has 1 saturated heterocycles. The largest absolute Gasteiger partial charge is 0.340 e. The zero-order chi connectivity index (χ0) is 13.7. The first-order valence-electron chi connectivity index (χ1n) is 7.30. The molecule has 1 unspecified atom stereocenters. The minimum absolute atomic E-state index is 0.0335. The van der Waals surface area contributed by atoms with E-state index in [4.69, 9.17) is 0 Å². The molecule has 1 fully saturated rings. The highest BCUT2D eigenvalue weighted by molar-refractivity contribution is 5.83. The number of hydrogen-bond donors (Lipinski definition) is 1. The maximum Gasteiger partial charge on any atom is 0.229 e. The van der Waals surface area contributed by atoms with Crippen LogP contribution in [0.3, 0.4) is 0 Å². The summed E-state index contributed by atoms with van der Waals surface area (Å²) in [6.45, 7) is 7.68. The van der Waals surface area contributed by atoms with Gasteiger partial charge < -0.3 is 10.2 Å². The predicted octanol–water partition coefficient (Wildman–Crippen LogP) is 2.17. The summed E-state index contributed by atoms with van der Waals surface area (Å²) in [7, 11) is 0. The van der Waals surface area contributed by atoms with Gasteiger partial charge >= 0.3 is 0 Å². The highest BCUT2D eigenvalue weighted by Gasteiger charge is 2.22. The van der Waals surface area contributed by atoms with Crippen LogP contribution in [0, 0.1) is 0 Å². The Kier molecular flexibility index (Phi) is 4.97. The van der Waals surface area contributed by atoms with Gasteiger partial charge in [0.25, 0.3) is 0 Å². The van der Waals surface area contributed by atoms with Gasteiger partial charge in [0, 0.05) is 26.2 Å². The molecule has 0 spiro atoms. The number of nitrogens with one attached hydrogen (secondary N) is 1. The number of carbonyl (C=O) groups excluding carboxylic acids is 1. The lowest BCUT2D eigenvalue weighted by Crippen LogP contribution is -2.47. The van der Waals surface area contributed by atoms with Crippen molar-refractivity contribution in [3.63, 3.8) is 0 Å². The van der Waals surface area contributed by atoms with Crippen molar-refractivity contribution in [2.45, 2.75) is 32.6 Å². The molecule has 1 aromatic carbocycles. The summed E-state index contributed by atoms with van der Waals surface area (Å²) in [4.78, 5) is 14.4. The minimum atomic E-state index is -0.0335. The van der Waals surface area contributed by atoms with Crippen LogP contribution >= 0.6 is 0 Å². The minimum Gasteiger partial charge on any atom is -0.340 e. The Labute approximate surface area is 116 Å². The van der Waals surface area contributed by atoms with Crippen molar-refractivity contribution in [2.24, 2.45) is 0 Å². The molecule has 104 valence electrons. The number of aryl methyl sites for hydroxylation is 1. The van der Waals surface area contributed by atoms with Crippen LogP contribution < -0.4 is 5.32 Å². The second-order valence-corrected chi connectivity index (χ2v) is 5.29. The van der Waals surface area contributed by atoms with Crippen molar-refractivity contribution in [3.05, 3.63) is 35.4 Å². The maximum atomic E-state index is 12.4. The van der Waals surface area contributed by atoms with Crippen LogP contribution in [-0.4, -0.2) is 37.0 Å². The van der Waals surface area contributed by atoms with Crippen LogP contribution in [0.1, 0.15) is 37.3 Å². The van der Waals surface area contributed by atoms with Crippen LogP contribution in [0.15, 0.2) is 24.3 Å². The van der Waals surface area contributed by atoms with E-state index >= 15 is 0 Å². The van der Waals surface area contributed by atoms with Gasteiger partial charge in [-0.15, -0.1) is 0 Å². The molecule has 1 atom stereocenters. The van der Waals surface area contributed by atoms with Crippen LogP contribution in [-0.2, 0) is 11.2 Å². The van der Waals surface area contributed by atoms with E-state index in [1.807, 2.05) is 11.8 Å². The number of rotatable bonds is 4. The Hall–Kier alpha value is -1.35. The molecule has 3 heteroatoms. The molecule has 2 rings (SSSR count). The predicted molar refractivity (Wildman–Crippen MR) is 78.3 cm³/mol. The molecule has 0 aliphatic carbocycles. The fraction of sp³-hybridized carbons (Fsp3) is 0.562. The van der Waals surface area contributed by atoms with Crippen molar-refractivity contribution in [2.75, 3.05) is 26.2 Å². The van der Waals surface area contributed by atoms with Gasteiger partial charge in [-0.05, 0) is 24.5 Å². The third-order valence-corrected chi connectivity index (χ3v) is 3.82. The van der Waals surface area contributed by atoms with Crippen LogP contribution in [0.2, 0.25) is 0 Å². The Morgan fingerprint density at radius 2 is 1.89 bits per heavy atom. The summed E-state index contributed by atoms with van der Waals surface area (Å²) < 4.78 is 0. The molecule has 1 aliphatic heterocycles. The monoisotopic (exact) mass is 260 g/mol. The van der Waals surface area contributed by atoms with Crippen molar-refractivity contribution in [3.8, 4) is 0 Å². The average molecular weight is 260 g/mol. The molecule has 1 aromatic rings. The molecule has 1 aliphatic rings. The van der Waals surface area contributed by atoms with Crippen LogP contribution in [0.25, 0.3) is 0 Å². The van der Waals surface area contributed by atoms with E-state index in [9.17, 15) is 4.79 Å². The fourth-order valence-corrected chi connectivity index (χ4v) is 2.56. The van der Waals surface area contributed by atoms with Gasteiger partial charge in [-0.3, -0.25) is 4.79 Å². The van der Waals surface area contributed by atoms with Gasteiger partial charge in [-0.2, -0.15) is 0 Å². The van der Waals surface area contributed by atoms with Crippen molar-refractivity contribution in [1.29, 1.82) is 0 Å². The molecule has 1 amide bonds. The molecule has 19 heavy (non-hydrogen) atoms. The van der Waals surface area contributed by atoms with Gasteiger partial charge in [0.15, 0.2) is 0 Å². The quantitative estimate of drug-likeness (QED) is 0.900. The maximum absolute atomic E-state index is 12.4. The Morgan fingerprint density at radius 1 is 1.26 bits per heavy atom. The van der Waals surface area contributed by atoms with E-state index in [1.165, 1.54) is 5.56 Å². The van der Waals surface area contributed by atoms with E-state index in [1.54, 1.807) is 0 Å². The number of amides is 1. The smallest absolute Gasteiger partial charge is 0.229 e. The first kappa shape index (κ1) is 14.1. The number of piperazine rings is 1. The highest BCUT2D eigenvalue weighted by atomic mass is 16.2. The topological polar surface area (TPSA) is 32.3 Å². The Balaban J connectivity index is 2.01. The SMILES string of the molecule is CCCc1ccc(C(C)C(=O)N2CCNCC2)cc1. The molecule has 0 saturated carbocycles. The molecule has 3 nitrogen and oxygen atoms in total. The standard InChI is InChI=1S/C16H24N2O/c1-3-4-14-5-7-15(8-6-14)13(2)16(19)18-11-9-17-10-12-18/h5-8,13,17H,3-4,9-12H2,1-2H3. The van der Waals surface area contributed by atoms with Gasteiger partial charge in [0.05, 0.1) is 5.92 Å². The van der Waals surface area contributed by atoms with E-state index in [2.05, 4.69) is 36.5 Å². The molecule has 0 bridgehead atoms. The van der Waals surface area contributed by atoms with Crippen molar-refractivity contribution < 1.29 is 4.79 Å². The summed E-state index contributed by atoms with van der Waals surface area (Å²) in [5, 5.41) is 3.28. The lowest BCUT2D eigenvalue weighted by atomic mass is 9.97. The first-order valence-corrected chi connectivity index (χ1v) is 7.30.